The zero-order valence-corrected chi connectivity index (χ0v) is 15.8. The summed E-state index contributed by atoms with van der Waals surface area (Å²) in [5.41, 5.74) is 1.75. The molecule has 0 atom stereocenters. The SMILES string of the molecule is CC(C)N(Cc1ccc(C#N)cc1)Cc1nc(COc2ccc(F)cc2)no1. The summed E-state index contributed by atoms with van der Waals surface area (Å²) in [5, 5.41) is 12.9. The predicted molar refractivity (Wildman–Crippen MR) is 101 cm³/mol. The van der Waals surface area contributed by atoms with Gasteiger partial charge in [0.25, 0.3) is 0 Å². The first-order valence-corrected chi connectivity index (χ1v) is 8.96. The molecular formula is C21H21FN4O2. The lowest BCUT2D eigenvalue weighted by Crippen LogP contribution is -2.30. The van der Waals surface area contributed by atoms with Gasteiger partial charge in [-0.25, -0.2) is 4.39 Å². The van der Waals surface area contributed by atoms with E-state index >= 15 is 0 Å². The van der Waals surface area contributed by atoms with Gasteiger partial charge in [0.15, 0.2) is 6.61 Å². The van der Waals surface area contributed by atoms with Gasteiger partial charge in [-0.2, -0.15) is 10.2 Å². The van der Waals surface area contributed by atoms with Gasteiger partial charge in [0.05, 0.1) is 18.2 Å². The van der Waals surface area contributed by atoms with Gasteiger partial charge in [0.1, 0.15) is 11.6 Å². The zero-order chi connectivity index (χ0) is 19.9. The second-order valence-corrected chi connectivity index (χ2v) is 6.65. The van der Waals surface area contributed by atoms with E-state index in [1.54, 1.807) is 12.1 Å². The van der Waals surface area contributed by atoms with Gasteiger partial charge in [-0.15, -0.1) is 0 Å². The molecule has 2 aromatic carbocycles. The van der Waals surface area contributed by atoms with E-state index in [0.717, 1.165) is 5.56 Å². The summed E-state index contributed by atoms with van der Waals surface area (Å²) >= 11 is 0. The molecule has 3 aromatic rings. The van der Waals surface area contributed by atoms with Crippen molar-refractivity contribution in [1.82, 2.24) is 15.0 Å². The van der Waals surface area contributed by atoms with Crippen LogP contribution in [0.5, 0.6) is 5.75 Å². The van der Waals surface area contributed by atoms with E-state index in [1.165, 1.54) is 12.1 Å². The topological polar surface area (TPSA) is 75.2 Å². The van der Waals surface area contributed by atoms with Gasteiger partial charge in [-0.3, -0.25) is 4.90 Å². The zero-order valence-electron chi connectivity index (χ0n) is 15.8. The lowest BCUT2D eigenvalue weighted by molar-refractivity contribution is 0.176. The summed E-state index contributed by atoms with van der Waals surface area (Å²) in [4.78, 5) is 6.57. The maximum atomic E-state index is 12.9. The Balaban J connectivity index is 1.59. The molecule has 0 N–H and O–H groups in total. The fraction of sp³-hybridized carbons (Fsp3) is 0.286. The van der Waals surface area contributed by atoms with Crippen LogP contribution in [0.4, 0.5) is 4.39 Å². The summed E-state index contributed by atoms with van der Waals surface area (Å²) in [5.74, 6) is 1.16. The number of ether oxygens (including phenoxy) is 1. The maximum absolute atomic E-state index is 12.9. The molecule has 1 aromatic heterocycles. The van der Waals surface area contributed by atoms with E-state index in [-0.39, 0.29) is 18.5 Å². The molecule has 0 amide bonds. The Bertz CT molecular complexity index is 930. The normalized spacial score (nSPS) is 11.0. The van der Waals surface area contributed by atoms with Crippen LogP contribution < -0.4 is 4.74 Å². The predicted octanol–water partition coefficient (Wildman–Crippen LogP) is 4.07. The Morgan fingerprint density at radius 1 is 1.11 bits per heavy atom. The van der Waals surface area contributed by atoms with E-state index in [0.29, 0.717) is 36.1 Å². The highest BCUT2D eigenvalue weighted by Crippen LogP contribution is 2.15. The fourth-order valence-electron chi connectivity index (χ4n) is 2.61. The van der Waals surface area contributed by atoms with Crippen molar-refractivity contribution in [3.63, 3.8) is 0 Å². The van der Waals surface area contributed by atoms with Crippen LogP contribution >= 0.6 is 0 Å². The third kappa shape index (κ3) is 5.38. The lowest BCUT2D eigenvalue weighted by atomic mass is 10.1. The van der Waals surface area contributed by atoms with Crippen LogP contribution in [-0.2, 0) is 19.7 Å². The summed E-state index contributed by atoms with van der Waals surface area (Å²) < 4.78 is 23.8. The van der Waals surface area contributed by atoms with Crippen LogP contribution in [0.15, 0.2) is 53.1 Å². The minimum Gasteiger partial charge on any atom is -0.485 e. The smallest absolute Gasteiger partial charge is 0.240 e. The van der Waals surface area contributed by atoms with Crippen LogP contribution in [-0.4, -0.2) is 21.1 Å². The summed E-state index contributed by atoms with van der Waals surface area (Å²) in [6, 6.07) is 15.7. The molecule has 0 bridgehead atoms. The van der Waals surface area contributed by atoms with Gasteiger partial charge in [-0.1, -0.05) is 17.3 Å². The number of rotatable bonds is 8. The number of nitrogens with zero attached hydrogens (tertiary/aromatic N) is 4. The standard InChI is InChI=1S/C21H21FN4O2/c1-15(2)26(12-17-5-3-16(11-23)4-6-17)13-21-24-20(25-28-21)14-27-19-9-7-18(22)8-10-19/h3-10,15H,12-14H2,1-2H3. The molecule has 144 valence electrons. The van der Waals surface area contributed by atoms with E-state index < -0.39 is 0 Å². The molecule has 0 radical (unpaired) electrons. The molecule has 1 heterocycles. The molecule has 0 saturated carbocycles. The van der Waals surface area contributed by atoms with E-state index in [1.807, 2.05) is 24.3 Å². The van der Waals surface area contributed by atoms with Crippen molar-refractivity contribution >= 4 is 0 Å². The molecule has 3 rings (SSSR count). The monoisotopic (exact) mass is 380 g/mol. The average molecular weight is 380 g/mol. The largest absolute Gasteiger partial charge is 0.485 e. The van der Waals surface area contributed by atoms with E-state index in [9.17, 15) is 4.39 Å². The van der Waals surface area contributed by atoms with Crippen molar-refractivity contribution < 1.29 is 13.7 Å². The van der Waals surface area contributed by atoms with Gasteiger partial charge in [0.2, 0.25) is 11.7 Å². The van der Waals surface area contributed by atoms with Crippen molar-refractivity contribution in [3.8, 4) is 11.8 Å². The van der Waals surface area contributed by atoms with Crippen molar-refractivity contribution in [2.75, 3.05) is 0 Å². The Morgan fingerprint density at radius 2 is 1.82 bits per heavy atom. The Morgan fingerprint density at radius 3 is 2.46 bits per heavy atom. The first-order chi connectivity index (χ1) is 13.5. The van der Waals surface area contributed by atoms with E-state index in [2.05, 4.69) is 35.0 Å². The second-order valence-electron chi connectivity index (χ2n) is 6.65. The molecule has 0 saturated heterocycles. The molecule has 6 nitrogen and oxygen atoms in total. The molecule has 0 fully saturated rings. The number of hydrogen-bond acceptors (Lipinski definition) is 6. The Labute approximate surface area is 163 Å². The number of aromatic nitrogens is 2. The van der Waals surface area contributed by atoms with Gasteiger partial charge in [-0.05, 0) is 55.8 Å². The molecule has 0 aliphatic heterocycles. The molecule has 0 unspecified atom stereocenters. The minimum absolute atomic E-state index is 0.145. The molecule has 0 aliphatic carbocycles. The Hall–Kier alpha value is -3.24. The highest BCUT2D eigenvalue weighted by atomic mass is 19.1. The van der Waals surface area contributed by atoms with Crippen molar-refractivity contribution in [2.24, 2.45) is 0 Å². The van der Waals surface area contributed by atoms with Gasteiger partial charge < -0.3 is 9.26 Å². The minimum atomic E-state index is -0.315. The lowest BCUT2D eigenvalue weighted by Gasteiger charge is -2.24. The summed E-state index contributed by atoms with van der Waals surface area (Å²) in [7, 11) is 0. The van der Waals surface area contributed by atoms with Crippen LogP contribution in [0.1, 0.15) is 36.7 Å². The molecular weight excluding hydrogens is 359 g/mol. The van der Waals surface area contributed by atoms with Crippen molar-refractivity contribution in [1.29, 1.82) is 5.26 Å². The highest BCUT2D eigenvalue weighted by molar-refractivity contribution is 5.31. The number of hydrogen-bond donors (Lipinski definition) is 0. The fourth-order valence-corrected chi connectivity index (χ4v) is 2.61. The maximum Gasteiger partial charge on any atom is 0.240 e. The van der Waals surface area contributed by atoms with Gasteiger partial charge in [0, 0.05) is 12.6 Å². The van der Waals surface area contributed by atoms with E-state index in [4.69, 9.17) is 14.5 Å². The van der Waals surface area contributed by atoms with Crippen LogP contribution in [0.2, 0.25) is 0 Å². The third-order valence-electron chi connectivity index (χ3n) is 4.23. The second kappa shape index (κ2) is 9.11. The van der Waals surface area contributed by atoms with Gasteiger partial charge >= 0.3 is 0 Å². The molecule has 0 aliphatic rings. The quantitative estimate of drug-likeness (QED) is 0.586. The van der Waals surface area contributed by atoms with Crippen molar-refractivity contribution in [2.45, 2.75) is 39.6 Å². The van der Waals surface area contributed by atoms with Crippen LogP contribution in [0.3, 0.4) is 0 Å². The van der Waals surface area contributed by atoms with Crippen molar-refractivity contribution in [3.05, 3.63) is 77.2 Å². The molecule has 7 heteroatoms. The molecule has 28 heavy (non-hydrogen) atoms. The average Bonchev–Trinajstić information content (AvgIpc) is 3.15. The third-order valence-corrected chi connectivity index (χ3v) is 4.23. The highest BCUT2D eigenvalue weighted by Gasteiger charge is 2.16. The van der Waals surface area contributed by atoms with Crippen LogP contribution in [0.25, 0.3) is 0 Å². The van der Waals surface area contributed by atoms with Crippen LogP contribution in [0, 0.1) is 17.1 Å². The number of nitriles is 1. The number of halogens is 1. The first-order valence-electron chi connectivity index (χ1n) is 8.96. The summed E-state index contributed by atoms with van der Waals surface area (Å²) in [6.07, 6.45) is 0. The molecule has 0 spiro atoms. The Kier molecular flexibility index (Phi) is 6.35. The first kappa shape index (κ1) is 19.5. The number of benzene rings is 2. The summed E-state index contributed by atoms with van der Waals surface area (Å²) in [6.45, 7) is 5.54.